The second kappa shape index (κ2) is 9.49. The maximum absolute atomic E-state index is 12.4. The van der Waals surface area contributed by atoms with Crippen molar-refractivity contribution in [2.75, 3.05) is 10.6 Å². The molecule has 31 heavy (non-hydrogen) atoms. The quantitative estimate of drug-likeness (QED) is 0.326. The van der Waals surface area contributed by atoms with E-state index < -0.39 is 4.92 Å². The fourth-order valence-electron chi connectivity index (χ4n) is 3.27. The number of nitro benzene ring substituents is 1. The van der Waals surface area contributed by atoms with Gasteiger partial charge in [-0.2, -0.15) is 0 Å². The Morgan fingerprint density at radius 1 is 1.00 bits per heavy atom. The van der Waals surface area contributed by atoms with Crippen LogP contribution in [0.4, 0.5) is 17.1 Å². The minimum absolute atomic E-state index is 0.0812. The molecule has 0 heterocycles. The van der Waals surface area contributed by atoms with E-state index in [2.05, 4.69) is 17.2 Å². The molecule has 0 aliphatic heterocycles. The van der Waals surface area contributed by atoms with Crippen molar-refractivity contribution in [3.05, 3.63) is 101 Å². The summed E-state index contributed by atoms with van der Waals surface area (Å²) in [5, 5.41) is 16.7. The van der Waals surface area contributed by atoms with Gasteiger partial charge in [0.1, 0.15) is 0 Å². The van der Waals surface area contributed by atoms with Crippen LogP contribution in [0.1, 0.15) is 11.1 Å². The van der Waals surface area contributed by atoms with Gasteiger partial charge in [0.2, 0.25) is 11.8 Å². The fraction of sp³-hybridized carbons (Fsp3) is 0.0833. The molecule has 0 atom stereocenters. The summed E-state index contributed by atoms with van der Waals surface area (Å²) >= 11 is 0. The molecule has 2 N–H and O–H groups in total. The van der Waals surface area contributed by atoms with Crippen LogP contribution in [0.15, 0.2) is 79.4 Å². The first-order valence-corrected chi connectivity index (χ1v) is 9.54. The minimum Gasteiger partial charge on any atom is -0.326 e. The highest BCUT2D eigenvalue weighted by molar-refractivity contribution is 6.02. The van der Waals surface area contributed by atoms with Gasteiger partial charge in [-0.05, 0) is 42.3 Å². The molecule has 0 saturated carbocycles. The Balaban J connectivity index is 1.79. The summed E-state index contributed by atoms with van der Waals surface area (Å²) in [6.07, 6.45) is 1.10. The first-order valence-electron chi connectivity index (χ1n) is 9.54. The summed E-state index contributed by atoms with van der Waals surface area (Å²) in [6, 6.07) is 19.0. The Morgan fingerprint density at radius 2 is 1.71 bits per heavy atom. The second-order valence-electron chi connectivity index (χ2n) is 6.88. The van der Waals surface area contributed by atoms with Crippen LogP contribution in [0.3, 0.4) is 0 Å². The van der Waals surface area contributed by atoms with Gasteiger partial charge >= 0.3 is 0 Å². The maximum atomic E-state index is 12.4. The summed E-state index contributed by atoms with van der Waals surface area (Å²) in [4.78, 5) is 34.8. The molecule has 3 aromatic rings. The molecular weight excluding hydrogens is 394 g/mol. The number of benzene rings is 3. The Hall–Kier alpha value is -4.26. The molecule has 0 saturated heterocycles. The molecule has 0 radical (unpaired) electrons. The van der Waals surface area contributed by atoms with E-state index >= 15 is 0 Å². The third kappa shape index (κ3) is 5.22. The van der Waals surface area contributed by atoms with Crippen molar-refractivity contribution in [2.45, 2.75) is 13.3 Å². The van der Waals surface area contributed by atoms with E-state index in [0.29, 0.717) is 16.9 Å². The molecule has 0 fully saturated rings. The SMILES string of the molecule is C=CC(=O)Nc1ccccc1-c1ccc(NC(=O)Cc2ccccc2[N+](=O)[O-])cc1C. The number of rotatable bonds is 7. The van der Waals surface area contributed by atoms with Crippen LogP contribution in [0.5, 0.6) is 0 Å². The number of hydrogen-bond donors (Lipinski definition) is 2. The molecule has 0 aromatic heterocycles. The molecule has 156 valence electrons. The molecule has 0 unspecified atom stereocenters. The van der Waals surface area contributed by atoms with Gasteiger partial charge in [-0.3, -0.25) is 19.7 Å². The smallest absolute Gasteiger partial charge is 0.273 e. The van der Waals surface area contributed by atoms with Gasteiger partial charge in [0.15, 0.2) is 0 Å². The predicted octanol–water partition coefficient (Wildman–Crippen LogP) is 4.88. The van der Waals surface area contributed by atoms with Gasteiger partial charge in [-0.15, -0.1) is 0 Å². The number of carbonyl (C=O) groups is 2. The van der Waals surface area contributed by atoms with Crippen LogP contribution in [0, 0.1) is 17.0 Å². The molecule has 7 heteroatoms. The van der Waals surface area contributed by atoms with E-state index in [0.717, 1.165) is 16.7 Å². The lowest BCUT2D eigenvalue weighted by molar-refractivity contribution is -0.385. The van der Waals surface area contributed by atoms with Gasteiger partial charge < -0.3 is 10.6 Å². The largest absolute Gasteiger partial charge is 0.326 e. The number of amides is 2. The highest BCUT2D eigenvalue weighted by atomic mass is 16.6. The maximum Gasteiger partial charge on any atom is 0.273 e. The number of para-hydroxylation sites is 2. The van der Waals surface area contributed by atoms with Gasteiger partial charge in [0.05, 0.1) is 11.3 Å². The molecule has 3 rings (SSSR count). The van der Waals surface area contributed by atoms with Gasteiger partial charge in [0.25, 0.3) is 5.69 Å². The first-order chi connectivity index (χ1) is 14.9. The number of carbonyl (C=O) groups excluding carboxylic acids is 2. The lowest BCUT2D eigenvalue weighted by Crippen LogP contribution is -2.15. The van der Waals surface area contributed by atoms with Crippen molar-refractivity contribution in [3.8, 4) is 11.1 Å². The zero-order chi connectivity index (χ0) is 22.4. The van der Waals surface area contributed by atoms with Crippen LogP contribution < -0.4 is 10.6 Å². The summed E-state index contributed by atoms with van der Waals surface area (Å²) in [6.45, 7) is 5.37. The van der Waals surface area contributed by atoms with Crippen LogP contribution in [0.2, 0.25) is 0 Å². The van der Waals surface area contributed by atoms with Gasteiger partial charge in [0, 0.05) is 28.6 Å². The van der Waals surface area contributed by atoms with E-state index in [-0.39, 0.29) is 23.9 Å². The minimum atomic E-state index is -0.496. The average molecular weight is 415 g/mol. The fourth-order valence-corrected chi connectivity index (χ4v) is 3.27. The summed E-state index contributed by atoms with van der Waals surface area (Å²) < 4.78 is 0. The zero-order valence-electron chi connectivity index (χ0n) is 16.9. The Bertz CT molecular complexity index is 1170. The highest BCUT2D eigenvalue weighted by Crippen LogP contribution is 2.32. The monoisotopic (exact) mass is 415 g/mol. The van der Waals surface area contributed by atoms with Crippen molar-refractivity contribution >= 4 is 28.9 Å². The summed E-state index contributed by atoms with van der Waals surface area (Å²) in [5.41, 5.74) is 4.14. The molecule has 7 nitrogen and oxygen atoms in total. The van der Waals surface area contributed by atoms with Crippen molar-refractivity contribution < 1.29 is 14.5 Å². The van der Waals surface area contributed by atoms with Crippen LogP contribution in [-0.4, -0.2) is 16.7 Å². The molecular formula is C24H21N3O4. The number of hydrogen-bond acceptors (Lipinski definition) is 4. The van der Waals surface area contributed by atoms with E-state index in [1.165, 1.54) is 12.1 Å². The topological polar surface area (TPSA) is 101 Å². The third-order valence-corrected chi connectivity index (χ3v) is 4.71. The van der Waals surface area contributed by atoms with Crippen LogP contribution in [-0.2, 0) is 16.0 Å². The van der Waals surface area contributed by atoms with Crippen LogP contribution in [0.25, 0.3) is 11.1 Å². The molecule has 2 amide bonds. The van der Waals surface area contributed by atoms with E-state index in [9.17, 15) is 19.7 Å². The number of aryl methyl sites for hydroxylation is 1. The second-order valence-corrected chi connectivity index (χ2v) is 6.88. The highest BCUT2D eigenvalue weighted by Gasteiger charge is 2.16. The lowest BCUT2D eigenvalue weighted by Gasteiger charge is -2.14. The normalized spacial score (nSPS) is 10.2. The third-order valence-electron chi connectivity index (χ3n) is 4.71. The van der Waals surface area contributed by atoms with E-state index in [4.69, 9.17) is 0 Å². The molecule has 0 aliphatic carbocycles. The molecule has 0 bridgehead atoms. The molecule has 3 aromatic carbocycles. The number of nitrogens with zero attached hydrogens (tertiary/aromatic N) is 1. The number of anilines is 2. The Morgan fingerprint density at radius 3 is 2.42 bits per heavy atom. The van der Waals surface area contributed by atoms with Gasteiger partial charge in [-0.1, -0.05) is 49.0 Å². The predicted molar refractivity (Wildman–Crippen MR) is 121 cm³/mol. The van der Waals surface area contributed by atoms with Crippen molar-refractivity contribution in [1.29, 1.82) is 0 Å². The number of nitro groups is 1. The molecule has 0 spiro atoms. The van der Waals surface area contributed by atoms with Crippen molar-refractivity contribution in [1.82, 2.24) is 0 Å². The first kappa shape index (κ1) is 21.4. The van der Waals surface area contributed by atoms with E-state index in [1.807, 2.05) is 37.3 Å². The van der Waals surface area contributed by atoms with E-state index in [1.54, 1.807) is 30.3 Å². The lowest BCUT2D eigenvalue weighted by atomic mass is 9.98. The van der Waals surface area contributed by atoms with Crippen molar-refractivity contribution in [2.24, 2.45) is 0 Å². The number of nitrogens with one attached hydrogen (secondary N) is 2. The van der Waals surface area contributed by atoms with Crippen molar-refractivity contribution in [3.63, 3.8) is 0 Å². The van der Waals surface area contributed by atoms with Crippen LogP contribution >= 0.6 is 0 Å². The van der Waals surface area contributed by atoms with Gasteiger partial charge in [-0.25, -0.2) is 0 Å². The average Bonchev–Trinajstić information content (AvgIpc) is 2.74. The zero-order valence-corrected chi connectivity index (χ0v) is 16.9. The molecule has 0 aliphatic rings. The Kier molecular flexibility index (Phi) is 6.57. The standard InChI is InChI=1S/C24H21N3O4/c1-3-23(28)26-21-10-6-5-9-20(21)19-13-12-18(14-16(19)2)25-24(29)15-17-8-4-7-11-22(17)27(30)31/h3-14H,1,15H2,2H3,(H,25,29)(H,26,28). The summed E-state index contributed by atoms with van der Waals surface area (Å²) in [5.74, 6) is -0.649. The summed E-state index contributed by atoms with van der Waals surface area (Å²) in [7, 11) is 0. The Labute approximate surface area is 179 Å².